The van der Waals surface area contributed by atoms with Crippen molar-refractivity contribution in [2.45, 2.75) is 19.3 Å². The smallest absolute Gasteiger partial charge is 0.305 e. The Hall–Kier alpha value is -3.55. The molecule has 4 rings (SSSR count). The van der Waals surface area contributed by atoms with E-state index in [4.69, 9.17) is 10.2 Å². The lowest BCUT2D eigenvalue weighted by molar-refractivity contribution is 0.0935. The number of amides is 1. The summed E-state index contributed by atoms with van der Waals surface area (Å²) in [5, 5.41) is 0. The van der Waals surface area contributed by atoms with Gasteiger partial charge in [-0.2, -0.15) is 4.98 Å². The van der Waals surface area contributed by atoms with Crippen LogP contribution in [0.3, 0.4) is 0 Å². The van der Waals surface area contributed by atoms with Gasteiger partial charge in [0.15, 0.2) is 11.6 Å². The molecule has 0 radical (unpaired) electrons. The van der Waals surface area contributed by atoms with Gasteiger partial charge in [0.1, 0.15) is 0 Å². The number of nitrogen functional groups attached to an aromatic ring is 1. The number of nitrogens with two attached hydrogens (primary N) is 1. The molecule has 1 aliphatic heterocycles. The van der Waals surface area contributed by atoms with Crippen molar-refractivity contribution in [1.82, 2.24) is 15.4 Å². The molecule has 2 aromatic heterocycles. The van der Waals surface area contributed by atoms with E-state index in [0.29, 0.717) is 11.5 Å². The summed E-state index contributed by atoms with van der Waals surface area (Å²) < 4.78 is 5.06. The molecule has 1 aromatic carbocycles. The van der Waals surface area contributed by atoms with Gasteiger partial charge in [-0.25, -0.2) is 4.98 Å². The quantitative estimate of drug-likeness (QED) is 0.585. The van der Waals surface area contributed by atoms with Gasteiger partial charge in [-0.1, -0.05) is 12.1 Å². The summed E-state index contributed by atoms with van der Waals surface area (Å²) in [4.78, 5) is 22.8. The molecular formula is C20H22N6O2. The highest BCUT2D eigenvalue weighted by molar-refractivity contribution is 5.92. The normalized spacial score (nSPS) is 13.9. The molecule has 0 aliphatic carbocycles. The van der Waals surface area contributed by atoms with Gasteiger partial charge in [-0.05, 0) is 43.5 Å². The largest absolute Gasteiger partial charge is 0.459 e. The third-order valence-corrected chi connectivity index (χ3v) is 4.66. The van der Waals surface area contributed by atoms with Gasteiger partial charge in [0.25, 0.3) is 0 Å². The molecule has 0 atom stereocenters. The molecule has 3 heterocycles. The summed E-state index contributed by atoms with van der Waals surface area (Å²) >= 11 is 0. The second-order valence-corrected chi connectivity index (χ2v) is 6.65. The Morgan fingerprint density at radius 1 is 1.07 bits per heavy atom. The van der Waals surface area contributed by atoms with Crippen molar-refractivity contribution >= 4 is 23.4 Å². The molecule has 3 aromatic rings. The molecule has 28 heavy (non-hydrogen) atoms. The number of nitrogens with one attached hydrogen (secondary N) is 2. The molecule has 0 bridgehead atoms. The van der Waals surface area contributed by atoms with Crippen LogP contribution in [0.4, 0.5) is 17.5 Å². The van der Waals surface area contributed by atoms with Crippen LogP contribution in [0.25, 0.3) is 11.3 Å². The Kier molecular flexibility index (Phi) is 5.09. The number of piperidine rings is 1. The Balaban J connectivity index is 1.52. The van der Waals surface area contributed by atoms with E-state index in [2.05, 4.69) is 37.9 Å². The maximum atomic E-state index is 12.0. The number of nitrogens with zero attached hydrogens (tertiary/aromatic N) is 3. The molecule has 144 valence electrons. The second-order valence-electron chi connectivity index (χ2n) is 6.65. The van der Waals surface area contributed by atoms with Crippen LogP contribution in [0.15, 0.2) is 53.1 Å². The summed E-state index contributed by atoms with van der Waals surface area (Å²) in [6, 6.07) is 13.2. The third-order valence-electron chi connectivity index (χ3n) is 4.66. The van der Waals surface area contributed by atoms with Gasteiger partial charge in [0.2, 0.25) is 5.95 Å². The van der Waals surface area contributed by atoms with Gasteiger partial charge in [0, 0.05) is 30.4 Å². The molecule has 0 spiro atoms. The van der Waals surface area contributed by atoms with Crippen LogP contribution >= 0.6 is 0 Å². The van der Waals surface area contributed by atoms with Crippen LogP contribution in [0.5, 0.6) is 0 Å². The predicted octanol–water partition coefficient (Wildman–Crippen LogP) is 3.07. The Morgan fingerprint density at radius 3 is 2.71 bits per heavy atom. The molecule has 1 amide bonds. The Bertz CT molecular complexity index is 951. The van der Waals surface area contributed by atoms with E-state index >= 15 is 0 Å². The van der Waals surface area contributed by atoms with Crippen LogP contribution in [0.2, 0.25) is 0 Å². The summed E-state index contributed by atoms with van der Waals surface area (Å²) in [5.74, 6) is 0.307. The fourth-order valence-corrected chi connectivity index (χ4v) is 3.28. The Labute approximate surface area is 162 Å². The first-order valence-corrected chi connectivity index (χ1v) is 9.29. The van der Waals surface area contributed by atoms with E-state index in [9.17, 15) is 4.79 Å². The number of carbonyl (C=O) groups excluding carboxylic acids is 1. The number of hydrogen-bond acceptors (Lipinski definition) is 7. The molecule has 1 aliphatic rings. The van der Waals surface area contributed by atoms with Crippen LogP contribution in [-0.4, -0.2) is 29.0 Å². The van der Waals surface area contributed by atoms with Crippen molar-refractivity contribution < 1.29 is 9.21 Å². The van der Waals surface area contributed by atoms with E-state index in [1.807, 2.05) is 12.1 Å². The average Bonchev–Trinajstić information content (AvgIpc) is 3.27. The Morgan fingerprint density at radius 2 is 1.93 bits per heavy atom. The van der Waals surface area contributed by atoms with Gasteiger partial charge in [-0.15, -0.1) is 0 Å². The second kappa shape index (κ2) is 7.99. The number of hydrogen-bond donors (Lipinski definition) is 3. The molecule has 0 unspecified atom stereocenters. The van der Waals surface area contributed by atoms with E-state index in [-0.39, 0.29) is 11.7 Å². The molecule has 8 heteroatoms. The van der Waals surface area contributed by atoms with Crippen molar-refractivity contribution in [2.75, 3.05) is 29.1 Å². The fourth-order valence-electron chi connectivity index (χ4n) is 3.28. The number of rotatable bonds is 5. The number of benzene rings is 1. The molecule has 0 saturated carbocycles. The van der Waals surface area contributed by atoms with E-state index in [0.717, 1.165) is 18.7 Å². The summed E-state index contributed by atoms with van der Waals surface area (Å²) in [5.41, 5.74) is 14.0. The zero-order valence-electron chi connectivity index (χ0n) is 15.4. The number of anilines is 3. The van der Waals surface area contributed by atoms with Gasteiger partial charge >= 0.3 is 5.91 Å². The number of hydrazine groups is 1. The molecule has 1 fully saturated rings. The predicted molar refractivity (Wildman–Crippen MR) is 108 cm³/mol. The van der Waals surface area contributed by atoms with Crippen LogP contribution in [0.1, 0.15) is 29.8 Å². The zero-order valence-corrected chi connectivity index (χ0v) is 15.4. The highest BCUT2D eigenvalue weighted by Gasteiger charge is 2.13. The lowest BCUT2D eigenvalue weighted by Gasteiger charge is -2.29. The first-order chi connectivity index (χ1) is 13.7. The van der Waals surface area contributed by atoms with E-state index in [1.165, 1.54) is 31.2 Å². The van der Waals surface area contributed by atoms with Gasteiger partial charge in [0.05, 0.1) is 12.0 Å². The van der Waals surface area contributed by atoms with Crippen LogP contribution < -0.4 is 21.5 Å². The lowest BCUT2D eigenvalue weighted by atomic mass is 10.1. The van der Waals surface area contributed by atoms with E-state index < -0.39 is 5.91 Å². The number of carbonyl (C=O) groups is 1. The van der Waals surface area contributed by atoms with Crippen molar-refractivity contribution in [2.24, 2.45) is 0 Å². The lowest BCUT2D eigenvalue weighted by Crippen LogP contribution is -2.29. The SMILES string of the molecule is Nc1nc(NNC(=O)c2ccco2)cc(-c2cccc(N3CCCCC3)c2)n1. The van der Waals surface area contributed by atoms with E-state index in [1.54, 1.807) is 18.2 Å². The summed E-state index contributed by atoms with van der Waals surface area (Å²) in [6.07, 6.45) is 5.16. The van der Waals surface area contributed by atoms with Crippen molar-refractivity contribution in [3.63, 3.8) is 0 Å². The maximum Gasteiger partial charge on any atom is 0.305 e. The number of aromatic nitrogens is 2. The topological polar surface area (TPSA) is 109 Å². The van der Waals surface area contributed by atoms with Gasteiger partial charge < -0.3 is 15.1 Å². The molecule has 8 nitrogen and oxygen atoms in total. The minimum atomic E-state index is -0.407. The monoisotopic (exact) mass is 378 g/mol. The van der Waals surface area contributed by atoms with Crippen molar-refractivity contribution in [3.05, 3.63) is 54.5 Å². The van der Waals surface area contributed by atoms with Crippen LogP contribution in [-0.2, 0) is 0 Å². The zero-order chi connectivity index (χ0) is 19.3. The molecule has 1 saturated heterocycles. The van der Waals surface area contributed by atoms with Crippen LogP contribution in [0, 0.1) is 0 Å². The number of furan rings is 1. The molecular weight excluding hydrogens is 356 g/mol. The standard InChI is InChI=1S/C20H22N6O2/c21-20-22-16(13-18(23-20)24-25-19(27)17-8-5-11-28-17)14-6-4-7-15(12-14)26-9-2-1-3-10-26/h4-8,11-13H,1-3,9-10H2,(H,25,27)(H3,21,22,23,24). The maximum absolute atomic E-state index is 12.0. The minimum Gasteiger partial charge on any atom is -0.459 e. The highest BCUT2D eigenvalue weighted by Crippen LogP contribution is 2.27. The first kappa shape index (κ1) is 17.8. The fraction of sp³-hybridized carbons (Fsp3) is 0.250. The summed E-state index contributed by atoms with van der Waals surface area (Å²) in [6.45, 7) is 2.14. The molecule has 4 N–H and O–H groups in total. The van der Waals surface area contributed by atoms with Gasteiger partial charge in [-0.3, -0.25) is 15.6 Å². The highest BCUT2D eigenvalue weighted by atomic mass is 16.3. The average molecular weight is 378 g/mol. The first-order valence-electron chi connectivity index (χ1n) is 9.29. The third kappa shape index (κ3) is 4.06. The minimum absolute atomic E-state index is 0.121. The summed E-state index contributed by atoms with van der Waals surface area (Å²) in [7, 11) is 0. The van der Waals surface area contributed by atoms with Crippen molar-refractivity contribution in [3.8, 4) is 11.3 Å². The van der Waals surface area contributed by atoms with Crippen molar-refractivity contribution in [1.29, 1.82) is 0 Å².